The summed E-state index contributed by atoms with van der Waals surface area (Å²) in [6.07, 6.45) is 3.46. The lowest BCUT2D eigenvalue weighted by molar-refractivity contribution is 0.0734. The Hall–Kier alpha value is -3.41. The molecule has 0 aliphatic heterocycles. The standard InChI is InChI=1S/C17H13N3O3/c18-16(21)12-5-7-13(8-6-12)17(22)23-15-4-1-3-14(11-15)20-10-2-9-19-20/h1-11H,(H2,18,21). The lowest BCUT2D eigenvalue weighted by Crippen LogP contribution is -2.12. The highest BCUT2D eigenvalue weighted by molar-refractivity contribution is 5.95. The van der Waals surface area contributed by atoms with E-state index >= 15 is 0 Å². The second-order valence-corrected chi connectivity index (χ2v) is 4.78. The van der Waals surface area contributed by atoms with E-state index in [1.165, 1.54) is 24.3 Å². The molecule has 3 aromatic rings. The summed E-state index contributed by atoms with van der Waals surface area (Å²) in [5, 5.41) is 4.12. The van der Waals surface area contributed by atoms with Gasteiger partial charge in [-0.05, 0) is 42.5 Å². The molecule has 114 valence electrons. The number of primary amides is 1. The van der Waals surface area contributed by atoms with Crippen LogP contribution in [0.4, 0.5) is 0 Å². The molecule has 0 saturated carbocycles. The van der Waals surface area contributed by atoms with Crippen molar-refractivity contribution in [2.24, 2.45) is 5.73 Å². The zero-order chi connectivity index (χ0) is 16.2. The van der Waals surface area contributed by atoms with E-state index < -0.39 is 11.9 Å². The predicted octanol–water partition coefficient (Wildman–Crippen LogP) is 2.19. The monoisotopic (exact) mass is 307 g/mol. The molecule has 0 aliphatic rings. The molecule has 23 heavy (non-hydrogen) atoms. The Bertz CT molecular complexity index is 840. The van der Waals surface area contributed by atoms with Gasteiger partial charge in [-0.1, -0.05) is 6.07 Å². The van der Waals surface area contributed by atoms with Crippen LogP contribution in [0.2, 0.25) is 0 Å². The van der Waals surface area contributed by atoms with Crippen LogP contribution >= 0.6 is 0 Å². The van der Waals surface area contributed by atoms with Crippen molar-refractivity contribution in [3.63, 3.8) is 0 Å². The van der Waals surface area contributed by atoms with Crippen molar-refractivity contribution >= 4 is 11.9 Å². The van der Waals surface area contributed by atoms with E-state index in [0.29, 0.717) is 16.9 Å². The zero-order valence-corrected chi connectivity index (χ0v) is 12.0. The minimum atomic E-state index is -0.545. The first-order valence-electron chi connectivity index (χ1n) is 6.85. The fourth-order valence-corrected chi connectivity index (χ4v) is 2.05. The first kappa shape index (κ1) is 14.5. The van der Waals surface area contributed by atoms with Gasteiger partial charge in [-0.25, -0.2) is 9.48 Å². The van der Waals surface area contributed by atoms with Crippen LogP contribution in [-0.4, -0.2) is 21.7 Å². The van der Waals surface area contributed by atoms with Gasteiger partial charge in [0, 0.05) is 24.0 Å². The first-order valence-corrected chi connectivity index (χ1v) is 6.85. The third-order valence-electron chi connectivity index (χ3n) is 3.20. The van der Waals surface area contributed by atoms with Crippen LogP contribution in [0.3, 0.4) is 0 Å². The lowest BCUT2D eigenvalue weighted by atomic mass is 10.1. The molecule has 0 spiro atoms. The number of amides is 1. The Morgan fingerprint density at radius 1 is 1.00 bits per heavy atom. The average Bonchev–Trinajstić information content (AvgIpc) is 3.10. The second kappa shape index (κ2) is 6.15. The quantitative estimate of drug-likeness (QED) is 0.591. The van der Waals surface area contributed by atoms with E-state index in [9.17, 15) is 9.59 Å². The Balaban J connectivity index is 1.77. The van der Waals surface area contributed by atoms with Crippen molar-refractivity contribution in [3.8, 4) is 11.4 Å². The van der Waals surface area contributed by atoms with Gasteiger partial charge in [0.15, 0.2) is 0 Å². The van der Waals surface area contributed by atoms with Gasteiger partial charge in [-0.3, -0.25) is 4.79 Å². The van der Waals surface area contributed by atoms with Crippen molar-refractivity contribution in [1.29, 1.82) is 0 Å². The molecule has 0 saturated heterocycles. The Kier molecular flexibility index (Phi) is 3.88. The highest BCUT2D eigenvalue weighted by Gasteiger charge is 2.10. The van der Waals surface area contributed by atoms with Gasteiger partial charge in [0.05, 0.1) is 11.3 Å². The summed E-state index contributed by atoms with van der Waals surface area (Å²) in [6, 6.07) is 14.8. The van der Waals surface area contributed by atoms with Gasteiger partial charge < -0.3 is 10.5 Å². The van der Waals surface area contributed by atoms with Gasteiger partial charge in [-0.15, -0.1) is 0 Å². The van der Waals surface area contributed by atoms with Crippen LogP contribution in [0.5, 0.6) is 5.75 Å². The lowest BCUT2D eigenvalue weighted by Gasteiger charge is -2.07. The molecule has 1 amide bonds. The number of aromatic nitrogens is 2. The number of carbonyl (C=O) groups is 2. The number of ether oxygens (including phenoxy) is 1. The van der Waals surface area contributed by atoms with E-state index in [1.807, 2.05) is 6.07 Å². The fourth-order valence-electron chi connectivity index (χ4n) is 2.05. The minimum Gasteiger partial charge on any atom is -0.423 e. The molecule has 0 radical (unpaired) electrons. The number of hydrogen-bond donors (Lipinski definition) is 1. The van der Waals surface area contributed by atoms with Crippen LogP contribution in [0.15, 0.2) is 67.0 Å². The molecule has 1 aromatic heterocycles. The summed E-state index contributed by atoms with van der Waals surface area (Å²) < 4.78 is 7.01. The normalized spacial score (nSPS) is 10.3. The second-order valence-electron chi connectivity index (χ2n) is 4.78. The number of nitrogens with zero attached hydrogens (tertiary/aromatic N) is 2. The summed E-state index contributed by atoms with van der Waals surface area (Å²) in [5.41, 5.74) is 6.61. The fraction of sp³-hybridized carbons (Fsp3) is 0. The molecule has 0 fully saturated rings. The molecule has 0 atom stereocenters. The van der Waals surface area contributed by atoms with Crippen molar-refractivity contribution in [1.82, 2.24) is 9.78 Å². The maximum atomic E-state index is 12.1. The molecule has 0 bridgehead atoms. The van der Waals surface area contributed by atoms with E-state index in [-0.39, 0.29) is 0 Å². The van der Waals surface area contributed by atoms with Crippen molar-refractivity contribution in [2.75, 3.05) is 0 Å². The third-order valence-corrected chi connectivity index (χ3v) is 3.20. The molecule has 6 heteroatoms. The number of nitrogens with two attached hydrogens (primary N) is 1. The Labute approximate surface area is 132 Å². The van der Waals surface area contributed by atoms with Gasteiger partial charge in [0.2, 0.25) is 5.91 Å². The largest absolute Gasteiger partial charge is 0.423 e. The first-order chi connectivity index (χ1) is 11.1. The van der Waals surface area contributed by atoms with Gasteiger partial charge in [-0.2, -0.15) is 5.10 Å². The molecular weight excluding hydrogens is 294 g/mol. The van der Waals surface area contributed by atoms with Crippen LogP contribution in [-0.2, 0) is 0 Å². The summed E-state index contributed by atoms with van der Waals surface area (Å²) >= 11 is 0. The van der Waals surface area contributed by atoms with E-state index in [0.717, 1.165) is 5.69 Å². The number of rotatable bonds is 4. The van der Waals surface area contributed by atoms with Crippen LogP contribution in [0.25, 0.3) is 5.69 Å². The SMILES string of the molecule is NC(=O)c1ccc(C(=O)Oc2cccc(-n3cccn3)c2)cc1. The third kappa shape index (κ3) is 3.26. The number of esters is 1. The number of carbonyl (C=O) groups excluding carboxylic acids is 2. The molecule has 2 aromatic carbocycles. The van der Waals surface area contributed by atoms with E-state index in [4.69, 9.17) is 10.5 Å². The van der Waals surface area contributed by atoms with Crippen LogP contribution in [0.1, 0.15) is 20.7 Å². The predicted molar refractivity (Wildman–Crippen MR) is 83.5 cm³/mol. The molecule has 0 unspecified atom stereocenters. The van der Waals surface area contributed by atoms with Crippen molar-refractivity contribution in [3.05, 3.63) is 78.1 Å². The number of benzene rings is 2. The van der Waals surface area contributed by atoms with E-state index in [1.54, 1.807) is 41.3 Å². The molecule has 2 N–H and O–H groups in total. The topological polar surface area (TPSA) is 87.2 Å². The highest BCUT2D eigenvalue weighted by Crippen LogP contribution is 2.17. The molecule has 6 nitrogen and oxygen atoms in total. The highest BCUT2D eigenvalue weighted by atomic mass is 16.5. The smallest absolute Gasteiger partial charge is 0.343 e. The summed E-state index contributed by atoms with van der Waals surface area (Å²) in [5.74, 6) is -0.655. The average molecular weight is 307 g/mol. The Morgan fingerprint density at radius 2 is 1.74 bits per heavy atom. The van der Waals surface area contributed by atoms with Gasteiger partial charge >= 0.3 is 5.97 Å². The van der Waals surface area contributed by atoms with Crippen LogP contribution in [0, 0.1) is 0 Å². The molecule has 1 heterocycles. The molecule has 0 aliphatic carbocycles. The maximum Gasteiger partial charge on any atom is 0.343 e. The van der Waals surface area contributed by atoms with Gasteiger partial charge in [0.1, 0.15) is 5.75 Å². The van der Waals surface area contributed by atoms with Crippen molar-refractivity contribution in [2.45, 2.75) is 0 Å². The van der Waals surface area contributed by atoms with Crippen molar-refractivity contribution < 1.29 is 14.3 Å². The maximum absolute atomic E-state index is 12.1. The number of hydrogen-bond acceptors (Lipinski definition) is 4. The van der Waals surface area contributed by atoms with Crippen LogP contribution < -0.4 is 10.5 Å². The molecular formula is C17H13N3O3. The zero-order valence-electron chi connectivity index (χ0n) is 12.0. The summed E-state index contributed by atoms with van der Waals surface area (Å²) in [7, 11) is 0. The molecule has 3 rings (SSSR count). The minimum absolute atomic E-state index is 0.333. The van der Waals surface area contributed by atoms with Gasteiger partial charge in [0.25, 0.3) is 0 Å². The Morgan fingerprint density at radius 3 is 2.39 bits per heavy atom. The van der Waals surface area contributed by atoms with E-state index in [2.05, 4.69) is 5.10 Å². The summed E-state index contributed by atoms with van der Waals surface area (Å²) in [6.45, 7) is 0. The summed E-state index contributed by atoms with van der Waals surface area (Å²) in [4.78, 5) is 23.2.